The number of hydrogen-bond acceptors (Lipinski definition) is 2. The van der Waals surface area contributed by atoms with E-state index in [1.807, 2.05) is 33.0 Å². The molecule has 0 aliphatic heterocycles. The molecule has 2 aromatic rings. The molecule has 21 heavy (non-hydrogen) atoms. The molecule has 0 radical (unpaired) electrons. The zero-order valence-electron chi connectivity index (χ0n) is 12.4. The molecular weight excluding hydrogens is 289 g/mol. The molecule has 1 unspecified atom stereocenters. The predicted octanol–water partition coefficient (Wildman–Crippen LogP) is 2.91. The van der Waals surface area contributed by atoms with E-state index in [4.69, 9.17) is 5.14 Å². The van der Waals surface area contributed by atoms with Crippen LogP contribution in [0.15, 0.2) is 36.5 Å². The first-order valence-corrected chi connectivity index (χ1v) is 7.99. The van der Waals surface area contributed by atoms with Gasteiger partial charge in [0.1, 0.15) is 5.82 Å². The number of hydrogen-bond donors (Lipinski definition) is 1. The number of nitrogens with zero attached hydrogens (tertiary/aromatic N) is 2. The molecule has 0 amide bonds. The van der Waals surface area contributed by atoms with E-state index in [1.165, 1.54) is 12.1 Å². The van der Waals surface area contributed by atoms with Crippen molar-refractivity contribution in [2.24, 2.45) is 5.14 Å². The van der Waals surface area contributed by atoms with Gasteiger partial charge in [-0.15, -0.1) is 0 Å². The number of aromatic nitrogens is 2. The number of halogens is 1. The minimum absolute atomic E-state index is 0.134. The second-order valence-electron chi connectivity index (χ2n) is 5.82. The van der Waals surface area contributed by atoms with Crippen molar-refractivity contribution in [2.75, 3.05) is 0 Å². The van der Waals surface area contributed by atoms with Gasteiger partial charge in [-0.1, -0.05) is 6.92 Å². The second kappa shape index (κ2) is 6.07. The average Bonchev–Trinajstić information content (AvgIpc) is 2.88. The third kappa shape index (κ3) is 3.77. The highest BCUT2D eigenvalue weighted by atomic mass is 32.2. The summed E-state index contributed by atoms with van der Waals surface area (Å²) in [6, 6.07) is 8.08. The second-order valence-corrected chi connectivity index (χ2v) is 7.52. The van der Waals surface area contributed by atoms with Crippen LogP contribution in [-0.4, -0.2) is 18.7 Å². The Labute approximate surface area is 126 Å². The van der Waals surface area contributed by atoms with Crippen LogP contribution in [0.4, 0.5) is 4.39 Å². The lowest BCUT2D eigenvalue weighted by Gasteiger charge is -2.24. The Morgan fingerprint density at radius 2 is 1.95 bits per heavy atom. The SMILES string of the molecule is C[C@@H](CC(C)(C)S(N)=O)c1ccn(-c2ccc(F)cc2)n1. The maximum Gasteiger partial charge on any atom is 0.123 e. The van der Waals surface area contributed by atoms with Crippen LogP contribution in [0.3, 0.4) is 0 Å². The molecule has 0 saturated carbocycles. The molecule has 114 valence electrons. The summed E-state index contributed by atoms with van der Waals surface area (Å²) in [5, 5.41) is 10.0. The van der Waals surface area contributed by atoms with E-state index in [-0.39, 0.29) is 11.7 Å². The normalized spacial score (nSPS) is 14.9. The van der Waals surface area contributed by atoms with E-state index < -0.39 is 15.7 Å². The van der Waals surface area contributed by atoms with E-state index in [0.29, 0.717) is 6.42 Å². The minimum Gasteiger partial charge on any atom is -0.251 e. The molecule has 0 saturated heterocycles. The molecule has 4 nitrogen and oxygen atoms in total. The van der Waals surface area contributed by atoms with Crippen LogP contribution < -0.4 is 5.14 Å². The zero-order valence-corrected chi connectivity index (χ0v) is 13.2. The molecule has 0 spiro atoms. The summed E-state index contributed by atoms with van der Waals surface area (Å²) < 4.78 is 25.7. The highest BCUT2D eigenvalue weighted by molar-refractivity contribution is 7.84. The van der Waals surface area contributed by atoms with E-state index >= 15 is 0 Å². The third-order valence-corrected chi connectivity index (χ3v) is 4.80. The molecule has 1 heterocycles. The Morgan fingerprint density at radius 1 is 1.33 bits per heavy atom. The summed E-state index contributed by atoms with van der Waals surface area (Å²) >= 11 is 0. The van der Waals surface area contributed by atoms with Crippen molar-refractivity contribution in [3.63, 3.8) is 0 Å². The smallest absolute Gasteiger partial charge is 0.123 e. The van der Waals surface area contributed by atoms with E-state index in [2.05, 4.69) is 5.10 Å². The lowest BCUT2D eigenvalue weighted by molar-refractivity contribution is 0.531. The Kier molecular flexibility index (Phi) is 4.58. The number of benzene rings is 1. The largest absolute Gasteiger partial charge is 0.251 e. The quantitative estimate of drug-likeness (QED) is 0.923. The fourth-order valence-electron chi connectivity index (χ4n) is 2.26. The highest BCUT2D eigenvalue weighted by Gasteiger charge is 2.27. The Balaban J connectivity index is 2.16. The standard InChI is InChI=1S/C15H20FN3OS/c1-11(10-15(2,3)21(17)20)14-8-9-19(18-14)13-6-4-12(16)5-7-13/h4-9,11H,10,17H2,1-3H3/t11-,21?/m0/s1. The summed E-state index contributed by atoms with van der Waals surface area (Å²) in [6.45, 7) is 5.80. The van der Waals surface area contributed by atoms with Gasteiger partial charge in [0.05, 0.1) is 27.1 Å². The first-order valence-electron chi connectivity index (χ1n) is 6.77. The van der Waals surface area contributed by atoms with Crippen molar-refractivity contribution in [2.45, 2.75) is 37.9 Å². The maximum atomic E-state index is 12.9. The topological polar surface area (TPSA) is 60.9 Å². The Hall–Kier alpha value is -1.53. The van der Waals surface area contributed by atoms with Crippen LogP contribution in [0.1, 0.15) is 38.8 Å². The molecule has 1 aromatic heterocycles. The summed E-state index contributed by atoms with van der Waals surface area (Å²) in [6.07, 6.45) is 2.52. The van der Waals surface area contributed by atoms with Crippen molar-refractivity contribution in [3.8, 4) is 5.69 Å². The molecule has 2 rings (SSSR count). The lowest BCUT2D eigenvalue weighted by Crippen LogP contribution is -2.33. The van der Waals surface area contributed by atoms with Gasteiger partial charge in [0.2, 0.25) is 0 Å². The van der Waals surface area contributed by atoms with Crippen molar-refractivity contribution in [1.82, 2.24) is 9.78 Å². The molecule has 0 fully saturated rings. The molecular formula is C15H20FN3OS. The Morgan fingerprint density at radius 3 is 2.52 bits per heavy atom. The van der Waals surface area contributed by atoms with Crippen molar-refractivity contribution in [1.29, 1.82) is 0 Å². The van der Waals surface area contributed by atoms with Crippen molar-refractivity contribution >= 4 is 11.0 Å². The molecule has 2 N–H and O–H groups in total. The van der Waals surface area contributed by atoms with Crippen molar-refractivity contribution in [3.05, 3.63) is 48.0 Å². The van der Waals surface area contributed by atoms with Gasteiger partial charge < -0.3 is 0 Å². The van der Waals surface area contributed by atoms with E-state index in [9.17, 15) is 8.60 Å². The van der Waals surface area contributed by atoms with Gasteiger partial charge >= 0.3 is 0 Å². The summed E-state index contributed by atoms with van der Waals surface area (Å²) in [4.78, 5) is 0. The van der Waals surface area contributed by atoms with Crippen LogP contribution in [0.25, 0.3) is 5.69 Å². The van der Waals surface area contributed by atoms with Gasteiger partial charge in [-0.2, -0.15) is 5.10 Å². The summed E-state index contributed by atoms with van der Waals surface area (Å²) in [5.74, 6) is -0.138. The predicted molar refractivity (Wildman–Crippen MR) is 83.0 cm³/mol. The number of nitrogens with two attached hydrogens (primary N) is 1. The summed E-state index contributed by atoms with van der Waals surface area (Å²) in [7, 11) is -1.38. The van der Waals surface area contributed by atoms with Crippen LogP contribution in [0.2, 0.25) is 0 Å². The van der Waals surface area contributed by atoms with Gasteiger partial charge in [0.25, 0.3) is 0 Å². The van der Waals surface area contributed by atoms with Gasteiger partial charge in [-0.25, -0.2) is 13.3 Å². The highest BCUT2D eigenvalue weighted by Crippen LogP contribution is 2.27. The number of rotatable bonds is 5. The first kappa shape index (κ1) is 15.9. The van der Waals surface area contributed by atoms with E-state index in [1.54, 1.807) is 16.8 Å². The zero-order chi connectivity index (χ0) is 15.6. The fraction of sp³-hybridized carbons (Fsp3) is 0.400. The third-order valence-electron chi connectivity index (χ3n) is 3.55. The molecule has 0 bridgehead atoms. The molecule has 0 aliphatic rings. The van der Waals surface area contributed by atoms with Crippen molar-refractivity contribution < 1.29 is 8.60 Å². The molecule has 1 aromatic carbocycles. The molecule has 2 atom stereocenters. The Bertz CT molecular complexity index is 637. The van der Waals surface area contributed by atoms with Crippen LogP contribution in [-0.2, 0) is 11.0 Å². The average molecular weight is 309 g/mol. The summed E-state index contributed by atoms with van der Waals surface area (Å²) in [5.41, 5.74) is 1.70. The van der Waals surface area contributed by atoms with Gasteiger partial charge in [-0.3, -0.25) is 5.14 Å². The lowest BCUT2D eigenvalue weighted by atomic mass is 9.95. The van der Waals surface area contributed by atoms with Crippen LogP contribution >= 0.6 is 0 Å². The fourth-order valence-corrected chi connectivity index (χ4v) is 2.68. The van der Waals surface area contributed by atoms with Gasteiger partial charge in [-0.05, 0) is 50.6 Å². The van der Waals surface area contributed by atoms with E-state index in [0.717, 1.165) is 11.4 Å². The first-order chi connectivity index (χ1) is 9.79. The van der Waals surface area contributed by atoms with Gasteiger partial charge in [0, 0.05) is 12.1 Å². The van der Waals surface area contributed by atoms with Crippen LogP contribution in [0.5, 0.6) is 0 Å². The van der Waals surface area contributed by atoms with Gasteiger partial charge in [0.15, 0.2) is 0 Å². The molecule has 0 aliphatic carbocycles. The monoisotopic (exact) mass is 309 g/mol. The van der Waals surface area contributed by atoms with Crippen LogP contribution in [0, 0.1) is 5.82 Å². The molecule has 6 heteroatoms. The maximum absolute atomic E-state index is 12.9. The minimum atomic E-state index is -1.38.